The molecule has 1 heterocycles. The summed E-state index contributed by atoms with van der Waals surface area (Å²) < 4.78 is 2.20. The summed E-state index contributed by atoms with van der Waals surface area (Å²) in [7, 11) is 0. The first-order valence-electron chi connectivity index (χ1n) is 8.31. The molecule has 0 fully saturated rings. The van der Waals surface area contributed by atoms with Crippen LogP contribution in [0.15, 0.2) is 18.5 Å². The Kier molecular flexibility index (Phi) is 9.49. The third-order valence-electron chi connectivity index (χ3n) is 4.02. The molecular weight excluding hydrogens is 351 g/mol. The molecule has 0 aliphatic rings. The summed E-state index contributed by atoms with van der Waals surface area (Å²) in [5, 5.41) is 8.04. The molecule has 1 aromatic rings. The van der Waals surface area contributed by atoms with E-state index in [1.165, 1.54) is 61.4 Å². The number of rotatable bonds is 11. The Hall–Kier alpha value is -0.121. The van der Waals surface area contributed by atoms with E-state index in [0.29, 0.717) is 3.43 Å². The first kappa shape index (κ1) is 17.9. The van der Waals surface area contributed by atoms with Crippen molar-refractivity contribution in [3.8, 4) is 0 Å². The van der Waals surface area contributed by atoms with Gasteiger partial charge in [-0.1, -0.05) is 0 Å². The Bertz CT molecular complexity index is 318. The Balaban J connectivity index is 2.81. The zero-order valence-electron chi connectivity index (χ0n) is 13.5. The van der Waals surface area contributed by atoms with Crippen molar-refractivity contribution in [2.45, 2.75) is 82.0 Å². The SMILES string of the molecule is CCCC[C](CCCC)(CCCC)[Sn][c]1ccnnc1. The van der Waals surface area contributed by atoms with Gasteiger partial charge in [0.05, 0.1) is 0 Å². The zero-order valence-corrected chi connectivity index (χ0v) is 16.3. The Morgan fingerprint density at radius 3 is 1.85 bits per heavy atom. The molecule has 0 bridgehead atoms. The molecule has 0 aliphatic carbocycles. The molecule has 3 heteroatoms. The van der Waals surface area contributed by atoms with E-state index in [4.69, 9.17) is 0 Å². The molecule has 1 aromatic heterocycles. The third-order valence-corrected chi connectivity index (χ3v) is 9.34. The normalized spacial score (nSPS) is 11.8. The van der Waals surface area contributed by atoms with Crippen LogP contribution in [0.25, 0.3) is 0 Å². The van der Waals surface area contributed by atoms with Crippen molar-refractivity contribution in [2.24, 2.45) is 0 Å². The van der Waals surface area contributed by atoms with Gasteiger partial charge in [-0.25, -0.2) is 0 Å². The molecule has 2 nitrogen and oxygen atoms in total. The molecular formula is C17H30N2Sn. The van der Waals surface area contributed by atoms with Crippen LogP contribution in [0.3, 0.4) is 0 Å². The van der Waals surface area contributed by atoms with Gasteiger partial charge < -0.3 is 0 Å². The third kappa shape index (κ3) is 6.55. The van der Waals surface area contributed by atoms with Crippen LogP contribution >= 0.6 is 0 Å². The molecule has 112 valence electrons. The fourth-order valence-corrected chi connectivity index (χ4v) is 7.91. The summed E-state index contributed by atoms with van der Waals surface area (Å²) in [5.74, 6) is 0. The topological polar surface area (TPSA) is 25.8 Å². The standard InChI is InChI=1S/C13H27.C4H3N2.Sn/c1-4-7-10-13(11-8-5-2)12-9-6-3;1-2-4-6-5-3-1;/h4-12H2,1-3H3;1,3-4H;. The molecule has 0 aromatic carbocycles. The first-order valence-corrected chi connectivity index (χ1v) is 11.2. The van der Waals surface area contributed by atoms with Gasteiger partial charge in [0.25, 0.3) is 0 Å². The summed E-state index contributed by atoms with van der Waals surface area (Å²) in [6.07, 6.45) is 16.4. The number of hydrogen-bond acceptors (Lipinski definition) is 2. The van der Waals surface area contributed by atoms with Gasteiger partial charge in [-0.05, 0) is 0 Å². The predicted molar refractivity (Wildman–Crippen MR) is 88.7 cm³/mol. The average Bonchev–Trinajstić information content (AvgIpc) is 2.49. The van der Waals surface area contributed by atoms with E-state index in [1.54, 1.807) is 0 Å². The molecule has 0 saturated carbocycles. The van der Waals surface area contributed by atoms with Crippen molar-refractivity contribution < 1.29 is 0 Å². The molecule has 1 rings (SSSR count). The minimum atomic E-state index is -0.593. The second-order valence-corrected chi connectivity index (χ2v) is 11.2. The number of unbranched alkanes of at least 4 members (excludes halogenated alkanes) is 3. The average molecular weight is 381 g/mol. The van der Waals surface area contributed by atoms with Gasteiger partial charge in [0.1, 0.15) is 0 Å². The van der Waals surface area contributed by atoms with Crippen LogP contribution in [-0.2, 0) is 0 Å². The summed E-state index contributed by atoms with van der Waals surface area (Å²) in [6.45, 7) is 6.97. The molecule has 0 amide bonds. The van der Waals surface area contributed by atoms with Gasteiger partial charge in [-0.3, -0.25) is 0 Å². The van der Waals surface area contributed by atoms with E-state index in [-0.39, 0.29) is 0 Å². The second kappa shape index (κ2) is 10.6. The van der Waals surface area contributed by atoms with Crippen LogP contribution in [0.5, 0.6) is 0 Å². The van der Waals surface area contributed by atoms with Gasteiger partial charge in [-0.2, -0.15) is 0 Å². The van der Waals surface area contributed by atoms with Crippen molar-refractivity contribution in [3.05, 3.63) is 18.5 Å². The Labute approximate surface area is 135 Å². The number of aromatic nitrogens is 2. The van der Waals surface area contributed by atoms with Crippen molar-refractivity contribution >= 4 is 24.7 Å². The molecule has 0 atom stereocenters. The Morgan fingerprint density at radius 2 is 1.45 bits per heavy atom. The van der Waals surface area contributed by atoms with Crippen LogP contribution in [-0.4, -0.2) is 31.3 Å². The fraction of sp³-hybridized carbons (Fsp3) is 0.765. The molecule has 0 unspecified atom stereocenters. The van der Waals surface area contributed by atoms with E-state index in [2.05, 4.69) is 37.0 Å². The summed E-state index contributed by atoms with van der Waals surface area (Å²) in [6, 6.07) is 2.22. The van der Waals surface area contributed by atoms with E-state index >= 15 is 0 Å². The molecule has 0 aliphatic heterocycles. The first-order chi connectivity index (χ1) is 9.76. The quantitative estimate of drug-likeness (QED) is 0.527. The molecule has 0 saturated heterocycles. The van der Waals surface area contributed by atoms with Crippen LogP contribution in [0.2, 0.25) is 3.43 Å². The van der Waals surface area contributed by atoms with Crippen molar-refractivity contribution in [2.75, 3.05) is 0 Å². The van der Waals surface area contributed by atoms with Gasteiger partial charge in [-0.15, -0.1) is 0 Å². The van der Waals surface area contributed by atoms with Crippen molar-refractivity contribution in [1.29, 1.82) is 0 Å². The van der Waals surface area contributed by atoms with Gasteiger partial charge in [0.2, 0.25) is 0 Å². The zero-order chi connectivity index (χ0) is 14.7. The second-order valence-electron chi connectivity index (χ2n) is 5.85. The van der Waals surface area contributed by atoms with E-state index in [9.17, 15) is 0 Å². The summed E-state index contributed by atoms with van der Waals surface area (Å²) in [4.78, 5) is 0. The molecule has 0 spiro atoms. The molecule has 0 N–H and O–H groups in total. The minimum absolute atomic E-state index is 0.593. The van der Waals surface area contributed by atoms with Crippen molar-refractivity contribution in [3.63, 3.8) is 0 Å². The maximum atomic E-state index is 4.10. The van der Waals surface area contributed by atoms with Crippen LogP contribution in [0.4, 0.5) is 0 Å². The van der Waals surface area contributed by atoms with E-state index in [1.807, 2.05) is 12.4 Å². The summed E-state index contributed by atoms with van der Waals surface area (Å²) in [5.41, 5.74) is 0. The molecule has 2 radical (unpaired) electrons. The Morgan fingerprint density at radius 1 is 0.900 bits per heavy atom. The van der Waals surface area contributed by atoms with Gasteiger partial charge >= 0.3 is 135 Å². The number of hydrogen-bond donors (Lipinski definition) is 0. The van der Waals surface area contributed by atoms with E-state index in [0.717, 1.165) is 0 Å². The van der Waals surface area contributed by atoms with Crippen LogP contribution in [0.1, 0.15) is 78.6 Å². The van der Waals surface area contributed by atoms with Crippen molar-refractivity contribution in [1.82, 2.24) is 10.2 Å². The van der Waals surface area contributed by atoms with Crippen LogP contribution < -0.4 is 3.58 Å². The van der Waals surface area contributed by atoms with Gasteiger partial charge in [0, 0.05) is 0 Å². The molecule has 20 heavy (non-hydrogen) atoms. The maximum absolute atomic E-state index is 4.10. The van der Waals surface area contributed by atoms with E-state index < -0.39 is 21.1 Å². The predicted octanol–water partition coefficient (Wildman–Crippen LogP) is 4.54. The summed E-state index contributed by atoms with van der Waals surface area (Å²) >= 11 is -0.593. The van der Waals surface area contributed by atoms with Crippen LogP contribution in [0, 0.1) is 0 Å². The van der Waals surface area contributed by atoms with Gasteiger partial charge in [0.15, 0.2) is 0 Å². The fourth-order valence-electron chi connectivity index (χ4n) is 2.78. The number of nitrogens with zero attached hydrogens (tertiary/aromatic N) is 2. The monoisotopic (exact) mass is 382 g/mol.